The van der Waals surface area contributed by atoms with Crippen molar-refractivity contribution in [3.8, 4) is 0 Å². The molecule has 1 saturated carbocycles. The lowest BCUT2D eigenvalue weighted by Gasteiger charge is -2.40. The third kappa shape index (κ3) is 2.38. The molecule has 0 spiro atoms. The van der Waals surface area contributed by atoms with E-state index in [-0.39, 0.29) is 24.2 Å². The Labute approximate surface area is 96.6 Å². The highest BCUT2D eigenvalue weighted by Crippen LogP contribution is 2.31. The van der Waals surface area contributed by atoms with Crippen LogP contribution in [0.25, 0.3) is 0 Å². The molecule has 4 atom stereocenters. The van der Waals surface area contributed by atoms with Crippen LogP contribution in [0.5, 0.6) is 0 Å². The number of rotatable bonds is 2. The fourth-order valence-corrected chi connectivity index (χ4v) is 3.15. The molecule has 4 heteroatoms. The minimum absolute atomic E-state index is 0.169. The van der Waals surface area contributed by atoms with E-state index in [1.54, 1.807) is 0 Å². The Morgan fingerprint density at radius 2 is 1.88 bits per heavy atom. The van der Waals surface area contributed by atoms with Gasteiger partial charge in [-0.15, -0.1) is 0 Å². The summed E-state index contributed by atoms with van der Waals surface area (Å²) >= 11 is 0. The maximum Gasteiger partial charge on any atom is 0.308 e. The van der Waals surface area contributed by atoms with Crippen LogP contribution in [-0.4, -0.2) is 47.3 Å². The molecule has 1 aliphatic carbocycles. The van der Waals surface area contributed by atoms with Gasteiger partial charge in [-0.2, -0.15) is 0 Å². The summed E-state index contributed by atoms with van der Waals surface area (Å²) in [5, 5.41) is 9.19. The predicted molar refractivity (Wildman–Crippen MR) is 60.3 cm³/mol. The largest absolute Gasteiger partial charge is 0.481 e. The number of carbonyl (C=O) groups is 1. The van der Waals surface area contributed by atoms with E-state index < -0.39 is 5.97 Å². The molecule has 92 valence electrons. The number of hydrogen-bond acceptors (Lipinski definition) is 3. The highest BCUT2D eigenvalue weighted by Gasteiger charge is 2.39. The van der Waals surface area contributed by atoms with Gasteiger partial charge in [-0.25, -0.2) is 0 Å². The van der Waals surface area contributed by atoms with Crippen molar-refractivity contribution in [2.24, 2.45) is 5.92 Å². The zero-order valence-electron chi connectivity index (χ0n) is 10.1. The van der Waals surface area contributed by atoms with Gasteiger partial charge in [0.2, 0.25) is 0 Å². The van der Waals surface area contributed by atoms with Gasteiger partial charge < -0.3 is 9.84 Å². The molecule has 0 bridgehead atoms. The van der Waals surface area contributed by atoms with E-state index in [4.69, 9.17) is 4.74 Å². The van der Waals surface area contributed by atoms with Gasteiger partial charge in [0.1, 0.15) is 0 Å². The van der Waals surface area contributed by atoms with Gasteiger partial charge in [-0.3, -0.25) is 9.69 Å². The Bertz CT molecular complexity index is 259. The average molecular weight is 227 g/mol. The van der Waals surface area contributed by atoms with Crippen LogP contribution in [0.1, 0.15) is 33.1 Å². The van der Waals surface area contributed by atoms with Crippen LogP contribution in [0.15, 0.2) is 0 Å². The van der Waals surface area contributed by atoms with Crippen molar-refractivity contribution in [1.29, 1.82) is 0 Å². The van der Waals surface area contributed by atoms with Gasteiger partial charge in [0, 0.05) is 19.1 Å². The van der Waals surface area contributed by atoms with Gasteiger partial charge in [-0.05, 0) is 26.7 Å². The van der Waals surface area contributed by atoms with Gasteiger partial charge in [0.05, 0.1) is 18.1 Å². The summed E-state index contributed by atoms with van der Waals surface area (Å²) in [6.07, 6.45) is 3.34. The SMILES string of the molecule is CC1CN(C2CCCC2C(=O)O)CC(C)O1. The molecule has 2 aliphatic rings. The van der Waals surface area contributed by atoms with E-state index in [0.29, 0.717) is 0 Å². The lowest BCUT2D eigenvalue weighted by atomic mass is 10.0. The fraction of sp³-hybridized carbons (Fsp3) is 0.917. The van der Waals surface area contributed by atoms with E-state index in [1.807, 2.05) is 0 Å². The molecule has 0 radical (unpaired) electrons. The Hall–Kier alpha value is -0.610. The fourth-order valence-electron chi connectivity index (χ4n) is 3.15. The van der Waals surface area contributed by atoms with Crippen LogP contribution in [0.3, 0.4) is 0 Å². The van der Waals surface area contributed by atoms with Crippen LogP contribution in [0.2, 0.25) is 0 Å². The summed E-state index contributed by atoms with van der Waals surface area (Å²) in [5.41, 5.74) is 0. The van der Waals surface area contributed by atoms with Crippen LogP contribution >= 0.6 is 0 Å². The van der Waals surface area contributed by atoms with Gasteiger partial charge >= 0.3 is 5.97 Å². The first kappa shape index (κ1) is 11.9. The minimum atomic E-state index is -0.630. The molecule has 4 unspecified atom stereocenters. The van der Waals surface area contributed by atoms with Crippen molar-refractivity contribution in [3.05, 3.63) is 0 Å². The first-order valence-electron chi connectivity index (χ1n) is 6.20. The molecule has 0 amide bonds. The van der Waals surface area contributed by atoms with Crippen LogP contribution in [0, 0.1) is 5.92 Å². The lowest BCUT2D eigenvalue weighted by Crippen LogP contribution is -2.52. The summed E-state index contributed by atoms with van der Waals surface area (Å²) in [6.45, 7) is 5.87. The van der Waals surface area contributed by atoms with Crippen molar-refractivity contribution in [2.45, 2.75) is 51.4 Å². The summed E-state index contributed by atoms with van der Waals surface area (Å²) < 4.78 is 5.68. The number of carboxylic acid groups (broad SMARTS) is 1. The third-order valence-corrected chi connectivity index (χ3v) is 3.71. The Balaban J connectivity index is 2.02. The standard InChI is InChI=1S/C12H21NO3/c1-8-6-13(7-9(2)16-8)11-5-3-4-10(11)12(14)15/h8-11H,3-7H2,1-2H3,(H,14,15). The van der Waals surface area contributed by atoms with Crippen LogP contribution in [0.4, 0.5) is 0 Å². The lowest BCUT2D eigenvalue weighted by molar-refractivity contribution is -0.145. The van der Waals surface area contributed by atoms with E-state index in [9.17, 15) is 9.90 Å². The number of nitrogens with zero attached hydrogens (tertiary/aromatic N) is 1. The molecule has 2 rings (SSSR count). The summed E-state index contributed by atoms with van der Waals surface area (Å²) in [7, 11) is 0. The number of hydrogen-bond donors (Lipinski definition) is 1. The maximum absolute atomic E-state index is 11.2. The number of aliphatic carboxylic acids is 1. The summed E-state index contributed by atoms with van der Waals surface area (Å²) in [6, 6.07) is 0.228. The first-order valence-corrected chi connectivity index (χ1v) is 6.20. The van der Waals surface area contributed by atoms with E-state index in [1.165, 1.54) is 0 Å². The molecule has 16 heavy (non-hydrogen) atoms. The molecular weight excluding hydrogens is 206 g/mol. The zero-order valence-corrected chi connectivity index (χ0v) is 10.1. The van der Waals surface area contributed by atoms with Crippen molar-refractivity contribution < 1.29 is 14.6 Å². The molecule has 1 aliphatic heterocycles. The smallest absolute Gasteiger partial charge is 0.308 e. The highest BCUT2D eigenvalue weighted by atomic mass is 16.5. The first-order chi connectivity index (χ1) is 7.58. The second-order valence-electron chi connectivity index (χ2n) is 5.15. The minimum Gasteiger partial charge on any atom is -0.481 e. The maximum atomic E-state index is 11.2. The van der Waals surface area contributed by atoms with Gasteiger partial charge in [-0.1, -0.05) is 6.42 Å². The monoisotopic (exact) mass is 227 g/mol. The predicted octanol–water partition coefficient (Wildman–Crippen LogP) is 1.35. The van der Waals surface area contributed by atoms with E-state index in [2.05, 4.69) is 18.7 Å². The van der Waals surface area contributed by atoms with E-state index in [0.717, 1.165) is 32.4 Å². The molecule has 1 saturated heterocycles. The summed E-state index contributed by atoms with van der Waals surface area (Å²) in [4.78, 5) is 13.5. The molecule has 1 heterocycles. The molecule has 2 fully saturated rings. The molecular formula is C12H21NO3. The molecule has 4 nitrogen and oxygen atoms in total. The van der Waals surface area contributed by atoms with E-state index >= 15 is 0 Å². The molecule has 0 aromatic rings. The van der Waals surface area contributed by atoms with Crippen molar-refractivity contribution in [3.63, 3.8) is 0 Å². The molecule has 0 aromatic carbocycles. The Morgan fingerprint density at radius 1 is 1.25 bits per heavy atom. The number of morpholine rings is 1. The van der Waals surface area contributed by atoms with Crippen LogP contribution in [-0.2, 0) is 9.53 Å². The quantitative estimate of drug-likeness (QED) is 0.773. The van der Waals surface area contributed by atoms with Crippen LogP contribution < -0.4 is 0 Å². The topological polar surface area (TPSA) is 49.8 Å². The summed E-state index contributed by atoms with van der Waals surface area (Å²) in [5.74, 6) is -0.799. The van der Waals surface area contributed by atoms with Crippen molar-refractivity contribution in [1.82, 2.24) is 4.90 Å². The second-order valence-corrected chi connectivity index (χ2v) is 5.15. The number of ether oxygens (including phenoxy) is 1. The highest BCUT2D eigenvalue weighted by molar-refractivity contribution is 5.71. The molecule has 0 aromatic heterocycles. The van der Waals surface area contributed by atoms with Crippen molar-refractivity contribution >= 4 is 5.97 Å². The second kappa shape index (κ2) is 4.72. The Morgan fingerprint density at radius 3 is 2.44 bits per heavy atom. The Kier molecular flexibility index (Phi) is 3.50. The van der Waals surface area contributed by atoms with Crippen molar-refractivity contribution in [2.75, 3.05) is 13.1 Å². The third-order valence-electron chi connectivity index (χ3n) is 3.71. The zero-order chi connectivity index (χ0) is 11.7. The average Bonchev–Trinajstić information content (AvgIpc) is 2.63. The normalized spacial score (nSPS) is 41.1. The molecule has 1 N–H and O–H groups in total. The van der Waals surface area contributed by atoms with Gasteiger partial charge in [0.15, 0.2) is 0 Å². The number of carboxylic acids is 1. The van der Waals surface area contributed by atoms with Gasteiger partial charge in [0.25, 0.3) is 0 Å².